The summed E-state index contributed by atoms with van der Waals surface area (Å²) in [4.78, 5) is 27.6. The summed E-state index contributed by atoms with van der Waals surface area (Å²) in [6, 6.07) is 17.7. The van der Waals surface area contributed by atoms with E-state index in [1.54, 1.807) is 0 Å². The van der Waals surface area contributed by atoms with E-state index < -0.39 is 0 Å². The Kier molecular flexibility index (Phi) is 5.71. The Morgan fingerprint density at radius 2 is 1.73 bits per heavy atom. The van der Waals surface area contributed by atoms with Crippen molar-refractivity contribution in [2.24, 2.45) is 5.92 Å². The SMILES string of the molecule is CCCNC(=O)C1CN(C(=O)c2ccccc2C)CC1c1ccccc1. The molecule has 3 rings (SSSR count). The Balaban J connectivity index is 1.85. The van der Waals surface area contributed by atoms with Crippen LogP contribution >= 0.6 is 0 Å². The summed E-state index contributed by atoms with van der Waals surface area (Å²) >= 11 is 0. The van der Waals surface area contributed by atoms with Gasteiger partial charge < -0.3 is 10.2 Å². The molecule has 0 aromatic heterocycles. The molecule has 0 saturated carbocycles. The van der Waals surface area contributed by atoms with Gasteiger partial charge in [0.25, 0.3) is 5.91 Å². The highest BCUT2D eigenvalue weighted by molar-refractivity contribution is 5.96. The van der Waals surface area contributed by atoms with Crippen molar-refractivity contribution in [1.29, 1.82) is 0 Å². The molecule has 1 saturated heterocycles. The van der Waals surface area contributed by atoms with Crippen LogP contribution in [0.4, 0.5) is 0 Å². The van der Waals surface area contributed by atoms with Gasteiger partial charge in [-0.15, -0.1) is 0 Å². The quantitative estimate of drug-likeness (QED) is 0.899. The van der Waals surface area contributed by atoms with E-state index in [2.05, 4.69) is 5.32 Å². The van der Waals surface area contributed by atoms with Crippen LogP contribution in [0.25, 0.3) is 0 Å². The molecule has 2 aromatic rings. The van der Waals surface area contributed by atoms with Crippen molar-refractivity contribution in [1.82, 2.24) is 10.2 Å². The minimum atomic E-state index is -0.211. The summed E-state index contributed by atoms with van der Waals surface area (Å²) in [7, 11) is 0. The average molecular weight is 350 g/mol. The molecule has 1 N–H and O–H groups in total. The molecule has 2 amide bonds. The molecule has 136 valence electrons. The zero-order chi connectivity index (χ0) is 18.5. The number of nitrogens with one attached hydrogen (secondary N) is 1. The first-order valence-corrected chi connectivity index (χ1v) is 9.29. The summed E-state index contributed by atoms with van der Waals surface area (Å²) < 4.78 is 0. The third-order valence-corrected chi connectivity index (χ3v) is 5.10. The normalized spacial score (nSPS) is 19.4. The van der Waals surface area contributed by atoms with Gasteiger partial charge in [-0.2, -0.15) is 0 Å². The number of nitrogens with zero attached hydrogens (tertiary/aromatic N) is 1. The summed E-state index contributed by atoms with van der Waals surface area (Å²) in [5.41, 5.74) is 2.80. The van der Waals surface area contributed by atoms with Gasteiger partial charge in [-0.05, 0) is 30.5 Å². The largest absolute Gasteiger partial charge is 0.356 e. The van der Waals surface area contributed by atoms with Gasteiger partial charge in [0.2, 0.25) is 5.91 Å². The Labute approximate surface area is 155 Å². The van der Waals surface area contributed by atoms with Gasteiger partial charge >= 0.3 is 0 Å². The molecule has 2 atom stereocenters. The van der Waals surface area contributed by atoms with Crippen molar-refractivity contribution in [3.8, 4) is 0 Å². The molecule has 1 heterocycles. The number of amides is 2. The van der Waals surface area contributed by atoms with E-state index in [0.717, 1.165) is 17.5 Å². The Morgan fingerprint density at radius 1 is 1.04 bits per heavy atom. The van der Waals surface area contributed by atoms with Crippen molar-refractivity contribution >= 4 is 11.8 Å². The minimum absolute atomic E-state index is 0.00910. The molecule has 0 spiro atoms. The van der Waals surface area contributed by atoms with E-state index in [1.807, 2.05) is 73.3 Å². The summed E-state index contributed by atoms with van der Waals surface area (Å²) in [6.45, 7) is 5.69. The lowest BCUT2D eigenvalue weighted by Crippen LogP contribution is -2.36. The van der Waals surface area contributed by atoms with Gasteiger partial charge in [0.1, 0.15) is 0 Å². The van der Waals surface area contributed by atoms with E-state index in [1.165, 1.54) is 0 Å². The number of rotatable bonds is 5. The molecular weight excluding hydrogens is 324 g/mol. The molecule has 1 aliphatic heterocycles. The highest BCUT2D eigenvalue weighted by Crippen LogP contribution is 2.34. The number of aryl methyl sites for hydroxylation is 1. The van der Waals surface area contributed by atoms with Crippen molar-refractivity contribution < 1.29 is 9.59 Å². The molecule has 2 unspecified atom stereocenters. The minimum Gasteiger partial charge on any atom is -0.356 e. The van der Waals surface area contributed by atoms with Crippen LogP contribution in [0.1, 0.15) is 40.7 Å². The molecule has 0 aliphatic carbocycles. The van der Waals surface area contributed by atoms with Crippen molar-refractivity contribution in [3.63, 3.8) is 0 Å². The topological polar surface area (TPSA) is 49.4 Å². The van der Waals surface area contributed by atoms with Crippen LogP contribution < -0.4 is 5.32 Å². The third kappa shape index (κ3) is 3.79. The fourth-order valence-corrected chi connectivity index (χ4v) is 3.64. The fraction of sp³-hybridized carbons (Fsp3) is 0.364. The molecule has 0 bridgehead atoms. The van der Waals surface area contributed by atoms with E-state index in [9.17, 15) is 9.59 Å². The van der Waals surface area contributed by atoms with E-state index in [4.69, 9.17) is 0 Å². The van der Waals surface area contributed by atoms with Crippen molar-refractivity contribution in [2.45, 2.75) is 26.2 Å². The van der Waals surface area contributed by atoms with Gasteiger partial charge in [-0.3, -0.25) is 9.59 Å². The lowest BCUT2D eigenvalue weighted by Gasteiger charge is -2.18. The second-order valence-electron chi connectivity index (χ2n) is 6.94. The second kappa shape index (κ2) is 8.17. The van der Waals surface area contributed by atoms with E-state index in [-0.39, 0.29) is 23.7 Å². The maximum absolute atomic E-state index is 13.0. The molecule has 1 aliphatic rings. The van der Waals surface area contributed by atoms with E-state index in [0.29, 0.717) is 25.2 Å². The lowest BCUT2D eigenvalue weighted by molar-refractivity contribution is -0.124. The number of carbonyl (C=O) groups excluding carboxylic acids is 2. The number of carbonyl (C=O) groups is 2. The predicted octanol–water partition coefficient (Wildman–Crippen LogP) is 3.38. The maximum Gasteiger partial charge on any atom is 0.254 e. The molecule has 0 radical (unpaired) electrons. The number of likely N-dealkylation sites (tertiary alicyclic amines) is 1. The first kappa shape index (κ1) is 18.2. The zero-order valence-electron chi connectivity index (χ0n) is 15.4. The smallest absolute Gasteiger partial charge is 0.254 e. The van der Waals surface area contributed by atoms with Crippen LogP contribution in [0, 0.1) is 12.8 Å². The summed E-state index contributed by atoms with van der Waals surface area (Å²) in [5.74, 6) is -0.131. The standard InChI is InChI=1S/C22H26N2O2/c1-3-13-23-21(25)20-15-24(14-19(20)17-10-5-4-6-11-17)22(26)18-12-8-7-9-16(18)2/h4-12,19-20H,3,13-15H2,1-2H3,(H,23,25). The van der Waals surface area contributed by atoms with Gasteiger partial charge in [0.15, 0.2) is 0 Å². The number of hydrogen-bond donors (Lipinski definition) is 1. The van der Waals surface area contributed by atoms with Crippen LogP contribution in [0.2, 0.25) is 0 Å². The molecule has 4 heteroatoms. The highest BCUT2D eigenvalue weighted by atomic mass is 16.2. The van der Waals surface area contributed by atoms with Crippen LogP contribution in [0.15, 0.2) is 54.6 Å². The number of hydrogen-bond acceptors (Lipinski definition) is 2. The molecule has 1 fully saturated rings. The van der Waals surface area contributed by atoms with Gasteiger partial charge in [-0.25, -0.2) is 0 Å². The molecular formula is C22H26N2O2. The second-order valence-corrected chi connectivity index (χ2v) is 6.94. The average Bonchev–Trinajstić information content (AvgIpc) is 3.12. The Hall–Kier alpha value is -2.62. The highest BCUT2D eigenvalue weighted by Gasteiger charge is 2.40. The fourth-order valence-electron chi connectivity index (χ4n) is 3.64. The van der Waals surface area contributed by atoms with Crippen molar-refractivity contribution in [3.05, 3.63) is 71.3 Å². The molecule has 2 aromatic carbocycles. The Bertz CT molecular complexity index is 773. The first-order valence-electron chi connectivity index (χ1n) is 9.29. The first-order chi connectivity index (χ1) is 12.6. The zero-order valence-corrected chi connectivity index (χ0v) is 15.4. The van der Waals surface area contributed by atoms with Crippen LogP contribution in [-0.4, -0.2) is 36.3 Å². The van der Waals surface area contributed by atoms with Gasteiger partial charge in [0, 0.05) is 31.1 Å². The van der Waals surface area contributed by atoms with Gasteiger partial charge in [-0.1, -0.05) is 55.5 Å². The maximum atomic E-state index is 13.0. The molecule has 26 heavy (non-hydrogen) atoms. The third-order valence-electron chi connectivity index (χ3n) is 5.10. The number of benzene rings is 2. The van der Waals surface area contributed by atoms with Gasteiger partial charge in [0.05, 0.1) is 5.92 Å². The van der Waals surface area contributed by atoms with Crippen LogP contribution in [0.5, 0.6) is 0 Å². The molecule has 4 nitrogen and oxygen atoms in total. The summed E-state index contributed by atoms with van der Waals surface area (Å²) in [5, 5.41) is 3.01. The monoisotopic (exact) mass is 350 g/mol. The van der Waals surface area contributed by atoms with Crippen LogP contribution in [-0.2, 0) is 4.79 Å². The van der Waals surface area contributed by atoms with E-state index >= 15 is 0 Å². The van der Waals surface area contributed by atoms with Crippen molar-refractivity contribution in [2.75, 3.05) is 19.6 Å². The Morgan fingerprint density at radius 3 is 2.42 bits per heavy atom. The van der Waals surface area contributed by atoms with Crippen LogP contribution in [0.3, 0.4) is 0 Å². The lowest BCUT2D eigenvalue weighted by atomic mass is 9.88. The predicted molar refractivity (Wildman–Crippen MR) is 103 cm³/mol. The summed E-state index contributed by atoms with van der Waals surface area (Å²) in [6.07, 6.45) is 0.903.